The van der Waals surface area contributed by atoms with E-state index in [1.165, 1.54) is 122 Å². The van der Waals surface area contributed by atoms with Gasteiger partial charge in [-0.3, -0.25) is 9.59 Å². The number of aliphatic hydroxyl groups excluding tert-OH is 7. The first-order chi connectivity index (χ1) is 36.0. The van der Waals surface area contributed by atoms with Gasteiger partial charge in [0, 0.05) is 12.8 Å². The lowest BCUT2D eigenvalue weighted by atomic mass is 9.98. The van der Waals surface area contributed by atoms with E-state index in [9.17, 15) is 45.3 Å². The minimum atomic E-state index is -1.77. The van der Waals surface area contributed by atoms with Crippen molar-refractivity contribution in [2.24, 2.45) is 0 Å². The number of ether oxygens (including phenoxy) is 6. The summed E-state index contributed by atoms with van der Waals surface area (Å²) in [5.41, 5.74) is 0. The lowest BCUT2D eigenvalue weighted by Gasteiger charge is -2.42. The van der Waals surface area contributed by atoms with Crippen LogP contribution in [0.3, 0.4) is 0 Å². The van der Waals surface area contributed by atoms with Crippen molar-refractivity contribution < 1.29 is 73.8 Å². The summed E-state index contributed by atoms with van der Waals surface area (Å²) in [6, 6.07) is 0. The van der Waals surface area contributed by atoms with Crippen molar-refractivity contribution in [3.8, 4) is 0 Å². The van der Waals surface area contributed by atoms with Gasteiger partial charge in [-0.2, -0.15) is 0 Å². The molecule has 0 aromatic rings. The smallest absolute Gasteiger partial charge is 0.306 e. The molecule has 0 spiro atoms. The summed E-state index contributed by atoms with van der Waals surface area (Å²) in [7, 11) is 0. The van der Waals surface area contributed by atoms with Crippen molar-refractivity contribution in [3.63, 3.8) is 0 Å². The Morgan fingerprint density at radius 1 is 0.432 bits per heavy atom. The Kier molecular flexibility index (Phi) is 41.9. The first-order valence-electron chi connectivity index (χ1n) is 29.6. The van der Waals surface area contributed by atoms with Crippen molar-refractivity contribution in [1.29, 1.82) is 0 Å². The topological polar surface area (TPSA) is 231 Å². The van der Waals surface area contributed by atoms with Crippen LogP contribution in [0.1, 0.15) is 232 Å². The molecule has 11 atom stereocenters. The zero-order valence-corrected chi connectivity index (χ0v) is 46.1. The predicted molar refractivity (Wildman–Crippen MR) is 289 cm³/mol. The number of allylic oxidation sites excluding steroid dienone is 6. The molecule has 0 radical (unpaired) electrons. The summed E-state index contributed by atoms with van der Waals surface area (Å²) in [5, 5.41) is 72.3. The maximum atomic E-state index is 13.1. The fraction of sp³-hybridized carbons (Fsp3) is 0.864. The first kappa shape index (κ1) is 67.8. The van der Waals surface area contributed by atoms with E-state index in [1.807, 2.05) is 0 Å². The summed E-state index contributed by atoms with van der Waals surface area (Å²) >= 11 is 0. The van der Waals surface area contributed by atoms with Gasteiger partial charge in [0.25, 0.3) is 0 Å². The van der Waals surface area contributed by atoms with Gasteiger partial charge in [0.05, 0.1) is 19.8 Å². The highest BCUT2D eigenvalue weighted by atomic mass is 16.7. The van der Waals surface area contributed by atoms with Crippen LogP contribution in [-0.2, 0) is 38.0 Å². The Bertz CT molecular complexity index is 1430. The van der Waals surface area contributed by atoms with Gasteiger partial charge in [0.2, 0.25) is 0 Å². The number of rotatable bonds is 47. The van der Waals surface area contributed by atoms with Crippen molar-refractivity contribution in [3.05, 3.63) is 36.5 Å². The highest BCUT2D eigenvalue weighted by molar-refractivity contribution is 5.70. The molecule has 4 unspecified atom stereocenters. The average molecular weight is 1060 g/mol. The molecule has 0 saturated carbocycles. The van der Waals surface area contributed by atoms with Crippen LogP contribution < -0.4 is 0 Å². The monoisotopic (exact) mass is 1050 g/mol. The minimum absolute atomic E-state index is 0.157. The quantitative estimate of drug-likeness (QED) is 0.0171. The summed E-state index contributed by atoms with van der Waals surface area (Å²) in [6.07, 6.45) is 34.4. The van der Waals surface area contributed by atoms with Crippen molar-refractivity contribution >= 4 is 11.9 Å². The van der Waals surface area contributed by atoms with Crippen molar-refractivity contribution in [2.45, 2.75) is 300 Å². The van der Waals surface area contributed by atoms with Crippen LogP contribution in [-0.4, -0.2) is 142 Å². The molecule has 0 aromatic carbocycles. The number of hydrogen-bond donors (Lipinski definition) is 7. The number of unbranched alkanes of at least 4 members (excludes halogenated alkanes) is 27. The van der Waals surface area contributed by atoms with Gasteiger partial charge in [0.1, 0.15) is 55.4 Å². The van der Waals surface area contributed by atoms with E-state index in [1.54, 1.807) is 0 Å². The van der Waals surface area contributed by atoms with E-state index < -0.39 is 92.7 Å². The molecule has 74 heavy (non-hydrogen) atoms. The lowest BCUT2D eigenvalue weighted by Crippen LogP contribution is -2.61. The third-order valence-corrected chi connectivity index (χ3v) is 14.1. The molecular formula is C59H106O15. The van der Waals surface area contributed by atoms with Crippen LogP contribution in [0.4, 0.5) is 0 Å². The summed E-state index contributed by atoms with van der Waals surface area (Å²) in [6.45, 7) is 2.59. The maximum Gasteiger partial charge on any atom is 0.306 e. The molecule has 0 aromatic heterocycles. The fourth-order valence-corrected chi connectivity index (χ4v) is 9.24. The molecule has 2 rings (SSSR count). The number of aliphatic hydroxyl groups is 7. The van der Waals surface area contributed by atoms with Gasteiger partial charge in [-0.05, 0) is 70.6 Å². The Hall–Kier alpha value is -2.28. The second-order valence-electron chi connectivity index (χ2n) is 20.8. The SMILES string of the molecule is CCCCC/C=C/C/C=C/CCCCCCCCCC(=O)O[C@@H](COC(=O)CCCCCCCCCCCCC/C=C/CCCCCCCC)CO[C@@H]1O[C@H](CO[C@@H]2O[C@H](CO)[C@H](O)C(O)C2O)[C@H](O)C(O)C1O. The largest absolute Gasteiger partial charge is 0.462 e. The molecule has 15 heteroatoms. The second kappa shape index (κ2) is 45.7. The van der Waals surface area contributed by atoms with Gasteiger partial charge in [-0.15, -0.1) is 0 Å². The van der Waals surface area contributed by atoms with Crippen molar-refractivity contribution in [1.82, 2.24) is 0 Å². The van der Waals surface area contributed by atoms with Gasteiger partial charge in [-0.25, -0.2) is 0 Å². The molecular weight excluding hydrogens is 949 g/mol. The Labute approximate surface area is 446 Å². The Balaban J connectivity index is 1.74. The third kappa shape index (κ3) is 32.5. The van der Waals surface area contributed by atoms with E-state index in [4.69, 9.17) is 28.4 Å². The zero-order valence-electron chi connectivity index (χ0n) is 46.1. The van der Waals surface area contributed by atoms with Crippen LogP contribution in [0, 0.1) is 0 Å². The molecule has 2 saturated heterocycles. The van der Waals surface area contributed by atoms with Crippen molar-refractivity contribution in [2.75, 3.05) is 26.4 Å². The summed E-state index contributed by atoms with van der Waals surface area (Å²) in [5.74, 6) is -0.927. The van der Waals surface area contributed by atoms with Crippen LogP contribution >= 0.6 is 0 Å². The van der Waals surface area contributed by atoms with E-state index in [2.05, 4.69) is 50.3 Å². The first-order valence-corrected chi connectivity index (χ1v) is 29.6. The molecule has 2 aliphatic rings. The van der Waals surface area contributed by atoms with Crippen LogP contribution in [0.5, 0.6) is 0 Å². The lowest BCUT2D eigenvalue weighted by molar-refractivity contribution is -0.332. The molecule has 2 aliphatic heterocycles. The molecule has 15 nitrogen and oxygen atoms in total. The molecule has 0 bridgehead atoms. The van der Waals surface area contributed by atoms with Crippen LogP contribution in [0.2, 0.25) is 0 Å². The minimum Gasteiger partial charge on any atom is -0.462 e. The second-order valence-corrected chi connectivity index (χ2v) is 20.8. The predicted octanol–water partition coefficient (Wildman–Crippen LogP) is 10.1. The van der Waals surface area contributed by atoms with Gasteiger partial charge < -0.3 is 64.2 Å². The van der Waals surface area contributed by atoms with Gasteiger partial charge in [-0.1, -0.05) is 185 Å². The molecule has 2 fully saturated rings. The summed E-state index contributed by atoms with van der Waals surface area (Å²) < 4.78 is 33.7. The molecule has 7 N–H and O–H groups in total. The molecule has 0 aliphatic carbocycles. The normalized spacial score (nSPS) is 24.9. The number of carbonyl (C=O) groups is 2. The van der Waals surface area contributed by atoms with Crippen LogP contribution in [0.25, 0.3) is 0 Å². The standard InChI is InChI=1S/C59H106O15/c1-3-5-7-9-11-13-15-17-19-21-22-23-24-26-27-29-31-33-35-37-39-41-50(61)69-44-47(72-51(62)42-40-38-36-34-32-30-28-25-20-18-16-14-12-10-8-6-4-2)45-70-58-57(68)55(66)53(64)49(74-58)46-71-59-56(67)54(65)52(63)48(43-60)73-59/h12,14,17-20,47-49,52-60,63-68H,3-11,13,15-16,21-46H2,1-2H3/b14-12+,19-17+,20-18+/t47-,48+,49+,52-,53-,54?,55?,56?,57?,58+,59+/m0/s1. The Morgan fingerprint density at radius 2 is 0.811 bits per heavy atom. The third-order valence-electron chi connectivity index (χ3n) is 14.1. The summed E-state index contributed by atoms with van der Waals surface area (Å²) in [4.78, 5) is 25.9. The number of carbonyl (C=O) groups excluding carboxylic acids is 2. The highest BCUT2D eigenvalue weighted by Crippen LogP contribution is 2.27. The van der Waals surface area contributed by atoms with Gasteiger partial charge in [0.15, 0.2) is 18.7 Å². The van der Waals surface area contributed by atoms with E-state index in [-0.39, 0.29) is 26.1 Å². The Morgan fingerprint density at radius 3 is 1.30 bits per heavy atom. The van der Waals surface area contributed by atoms with E-state index in [0.29, 0.717) is 12.8 Å². The van der Waals surface area contributed by atoms with E-state index in [0.717, 1.165) is 70.6 Å². The number of esters is 2. The number of hydrogen-bond acceptors (Lipinski definition) is 15. The fourth-order valence-electron chi connectivity index (χ4n) is 9.24. The van der Waals surface area contributed by atoms with Crippen LogP contribution in [0.15, 0.2) is 36.5 Å². The molecule has 0 amide bonds. The molecule has 2 heterocycles. The maximum absolute atomic E-state index is 13.1. The van der Waals surface area contributed by atoms with E-state index >= 15 is 0 Å². The zero-order chi connectivity index (χ0) is 53.9. The molecule has 432 valence electrons. The average Bonchev–Trinajstić information content (AvgIpc) is 3.39. The highest BCUT2D eigenvalue weighted by Gasteiger charge is 2.47. The van der Waals surface area contributed by atoms with Gasteiger partial charge >= 0.3 is 11.9 Å².